The van der Waals surface area contributed by atoms with Gasteiger partial charge in [-0.2, -0.15) is 0 Å². The zero-order valence-electron chi connectivity index (χ0n) is 14.2. The molecule has 26 heavy (non-hydrogen) atoms. The van der Waals surface area contributed by atoms with E-state index in [0.29, 0.717) is 28.0 Å². The second kappa shape index (κ2) is 5.62. The molecule has 1 aromatic heterocycles. The highest BCUT2D eigenvalue weighted by Gasteiger charge is 2.34. The van der Waals surface area contributed by atoms with Crippen molar-refractivity contribution in [1.82, 2.24) is 0 Å². The lowest BCUT2D eigenvalue weighted by molar-refractivity contribution is 0.100. The molecule has 0 fully saturated rings. The summed E-state index contributed by atoms with van der Waals surface area (Å²) in [5, 5.41) is 20.6. The van der Waals surface area contributed by atoms with E-state index in [1.807, 2.05) is 0 Å². The molecule has 4 rings (SSSR count). The molecule has 0 saturated carbocycles. The molecule has 0 spiro atoms. The number of ether oxygens (including phenoxy) is 1. The highest BCUT2D eigenvalue weighted by atomic mass is 16.5. The number of fused-ring (bicyclic) bond motifs is 2. The van der Waals surface area contributed by atoms with Crippen molar-refractivity contribution in [3.05, 3.63) is 52.8 Å². The molecule has 1 unspecified atom stereocenters. The van der Waals surface area contributed by atoms with Gasteiger partial charge in [0.05, 0.1) is 17.0 Å². The molecule has 0 amide bonds. The monoisotopic (exact) mass is 352 g/mol. The van der Waals surface area contributed by atoms with Crippen LogP contribution >= 0.6 is 0 Å². The maximum absolute atomic E-state index is 12.0. The zero-order valence-corrected chi connectivity index (χ0v) is 14.2. The number of hydrogen-bond donors (Lipinski definition) is 2. The average molecular weight is 352 g/mol. The minimum absolute atomic E-state index is 0.107. The number of Topliss-reactive ketones (excluding diaryl/α,β-unsaturated/α-hetero) is 2. The van der Waals surface area contributed by atoms with Crippen LogP contribution in [0.2, 0.25) is 0 Å². The van der Waals surface area contributed by atoms with Gasteiger partial charge in [0.25, 0.3) is 0 Å². The SMILES string of the molecule is CC(=O)c1c(O)ccc2c1C(c1cc3c(C(C)=O)c(O)ccc3o1)CO2. The summed E-state index contributed by atoms with van der Waals surface area (Å²) in [5.74, 6) is -0.135. The van der Waals surface area contributed by atoms with Gasteiger partial charge in [-0.1, -0.05) is 0 Å². The molecule has 0 saturated heterocycles. The maximum atomic E-state index is 12.0. The van der Waals surface area contributed by atoms with Crippen molar-refractivity contribution in [2.24, 2.45) is 0 Å². The van der Waals surface area contributed by atoms with Gasteiger partial charge in [-0.15, -0.1) is 0 Å². The first-order valence-corrected chi connectivity index (χ1v) is 8.14. The Hall–Kier alpha value is -3.28. The number of rotatable bonds is 3. The number of carbonyl (C=O) groups excluding carboxylic acids is 2. The van der Waals surface area contributed by atoms with Crippen molar-refractivity contribution in [2.45, 2.75) is 19.8 Å². The van der Waals surface area contributed by atoms with E-state index in [2.05, 4.69) is 0 Å². The molecule has 132 valence electrons. The normalized spacial score (nSPS) is 15.7. The lowest BCUT2D eigenvalue weighted by atomic mass is 9.91. The molecule has 1 aliphatic heterocycles. The molecule has 2 aromatic carbocycles. The van der Waals surface area contributed by atoms with Crippen LogP contribution in [0, 0.1) is 0 Å². The maximum Gasteiger partial charge on any atom is 0.164 e. The molecule has 3 aromatic rings. The fourth-order valence-corrected chi connectivity index (χ4v) is 3.57. The van der Waals surface area contributed by atoms with Gasteiger partial charge in [0.1, 0.15) is 35.2 Å². The van der Waals surface area contributed by atoms with E-state index in [1.54, 1.807) is 18.2 Å². The fourth-order valence-electron chi connectivity index (χ4n) is 3.57. The van der Waals surface area contributed by atoms with Crippen LogP contribution in [0.25, 0.3) is 11.0 Å². The van der Waals surface area contributed by atoms with E-state index < -0.39 is 5.92 Å². The van der Waals surface area contributed by atoms with Gasteiger partial charge in [0.15, 0.2) is 11.6 Å². The summed E-state index contributed by atoms with van der Waals surface area (Å²) in [6.45, 7) is 3.01. The molecule has 0 aliphatic carbocycles. The van der Waals surface area contributed by atoms with Crippen LogP contribution in [-0.4, -0.2) is 28.4 Å². The van der Waals surface area contributed by atoms with E-state index in [-0.39, 0.29) is 40.8 Å². The van der Waals surface area contributed by atoms with Gasteiger partial charge in [-0.3, -0.25) is 9.59 Å². The van der Waals surface area contributed by atoms with Crippen molar-refractivity contribution in [3.8, 4) is 17.2 Å². The van der Waals surface area contributed by atoms with E-state index in [4.69, 9.17) is 9.15 Å². The van der Waals surface area contributed by atoms with Crippen LogP contribution in [0.4, 0.5) is 0 Å². The Labute approximate surface area is 148 Å². The Balaban J connectivity index is 1.93. The second-order valence-corrected chi connectivity index (χ2v) is 6.37. The number of aromatic hydroxyl groups is 2. The lowest BCUT2D eigenvalue weighted by Gasteiger charge is -2.10. The largest absolute Gasteiger partial charge is 0.507 e. The van der Waals surface area contributed by atoms with Gasteiger partial charge in [-0.05, 0) is 44.2 Å². The Morgan fingerprint density at radius 3 is 2.35 bits per heavy atom. The Morgan fingerprint density at radius 1 is 1.00 bits per heavy atom. The molecule has 2 N–H and O–H groups in total. The minimum Gasteiger partial charge on any atom is -0.507 e. The quantitative estimate of drug-likeness (QED) is 0.697. The van der Waals surface area contributed by atoms with Crippen LogP contribution in [-0.2, 0) is 0 Å². The molecule has 0 radical (unpaired) electrons. The average Bonchev–Trinajstić information content (AvgIpc) is 3.17. The van der Waals surface area contributed by atoms with Gasteiger partial charge >= 0.3 is 0 Å². The first kappa shape index (κ1) is 16.2. The van der Waals surface area contributed by atoms with E-state index in [9.17, 15) is 19.8 Å². The fraction of sp³-hybridized carbons (Fsp3) is 0.200. The highest BCUT2D eigenvalue weighted by Crippen LogP contribution is 2.45. The van der Waals surface area contributed by atoms with E-state index in [1.165, 1.54) is 26.0 Å². The summed E-state index contributed by atoms with van der Waals surface area (Å²) >= 11 is 0. The molecule has 6 nitrogen and oxygen atoms in total. The Kier molecular flexibility index (Phi) is 3.50. The number of carbonyl (C=O) groups is 2. The zero-order chi connectivity index (χ0) is 18.6. The lowest BCUT2D eigenvalue weighted by Crippen LogP contribution is -2.06. The summed E-state index contributed by atoms with van der Waals surface area (Å²) in [5.41, 5.74) is 1.44. The topological polar surface area (TPSA) is 97.0 Å². The molecule has 1 aliphatic rings. The van der Waals surface area contributed by atoms with Crippen LogP contribution in [0.15, 0.2) is 34.7 Å². The first-order valence-electron chi connectivity index (χ1n) is 8.14. The molecule has 6 heteroatoms. The summed E-state index contributed by atoms with van der Waals surface area (Å²) < 4.78 is 11.6. The Morgan fingerprint density at radius 2 is 1.65 bits per heavy atom. The number of furan rings is 1. The Bertz CT molecular complexity index is 1080. The van der Waals surface area contributed by atoms with Crippen molar-refractivity contribution < 1.29 is 29.0 Å². The summed E-state index contributed by atoms with van der Waals surface area (Å²) in [4.78, 5) is 23.9. The van der Waals surface area contributed by atoms with Gasteiger partial charge in [0.2, 0.25) is 0 Å². The number of hydrogen-bond acceptors (Lipinski definition) is 6. The number of phenols is 2. The number of phenolic OH excluding ortho intramolecular Hbond substituents is 2. The number of benzene rings is 2. The van der Waals surface area contributed by atoms with Crippen molar-refractivity contribution in [3.63, 3.8) is 0 Å². The first-order chi connectivity index (χ1) is 12.4. The van der Waals surface area contributed by atoms with Gasteiger partial charge < -0.3 is 19.4 Å². The molecule has 1 atom stereocenters. The highest BCUT2D eigenvalue weighted by molar-refractivity contribution is 6.08. The molecule has 0 bridgehead atoms. The second-order valence-electron chi connectivity index (χ2n) is 6.37. The smallest absolute Gasteiger partial charge is 0.164 e. The third kappa shape index (κ3) is 2.26. The van der Waals surface area contributed by atoms with Crippen LogP contribution in [0.3, 0.4) is 0 Å². The molecule has 2 heterocycles. The van der Waals surface area contributed by atoms with Crippen molar-refractivity contribution in [2.75, 3.05) is 6.61 Å². The molecular formula is C20H16O6. The standard InChI is InChI=1S/C20H16O6/c1-9(21)18-11-7-17(26-15(11)5-3-13(18)23)12-8-25-16-6-4-14(24)19(10(2)22)20(12)16/h3-7,12,23-24H,8H2,1-2H3. The van der Waals surface area contributed by atoms with Crippen LogP contribution < -0.4 is 4.74 Å². The summed E-state index contributed by atoms with van der Waals surface area (Å²) in [6, 6.07) is 7.74. The predicted molar refractivity (Wildman–Crippen MR) is 93.3 cm³/mol. The summed E-state index contributed by atoms with van der Waals surface area (Å²) in [7, 11) is 0. The van der Waals surface area contributed by atoms with Crippen molar-refractivity contribution >= 4 is 22.5 Å². The molecular weight excluding hydrogens is 336 g/mol. The summed E-state index contributed by atoms with van der Waals surface area (Å²) in [6.07, 6.45) is 0. The van der Waals surface area contributed by atoms with Gasteiger partial charge in [0, 0.05) is 10.9 Å². The van der Waals surface area contributed by atoms with E-state index in [0.717, 1.165) is 0 Å². The van der Waals surface area contributed by atoms with Crippen LogP contribution in [0.1, 0.15) is 51.8 Å². The van der Waals surface area contributed by atoms with E-state index >= 15 is 0 Å². The third-order valence-electron chi connectivity index (χ3n) is 4.68. The minimum atomic E-state index is -0.398. The van der Waals surface area contributed by atoms with Crippen molar-refractivity contribution in [1.29, 1.82) is 0 Å². The van der Waals surface area contributed by atoms with Crippen LogP contribution in [0.5, 0.6) is 17.2 Å². The number of ketones is 2. The predicted octanol–water partition coefficient (Wildman–Crippen LogP) is 3.77. The third-order valence-corrected chi connectivity index (χ3v) is 4.68. The van der Waals surface area contributed by atoms with Gasteiger partial charge in [-0.25, -0.2) is 0 Å².